The average Bonchev–Trinajstić information content (AvgIpc) is 3.38. The highest BCUT2D eigenvalue weighted by molar-refractivity contribution is 6.74. The van der Waals surface area contributed by atoms with Gasteiger partial charge < -0.3 is 71.5 Å². The van der Waals surface area contributed by atoms with E-state index in [-0.39, 0.29) is 53.0 Å². The molecule has 0 aliphatic carbocycles. The van der Waals surface area contributed by atoms with Crippen LogP contribution in [0.25, 0.3) is 0 Å². The van der Waals surface area contributed by atoms with Crippen molar-refractivity contribution in [3.05, 3.63) is 24.3 Å². The lowest BCUT2D eigenvalue weighted by Gasteiger charge is -2.52. The first kappa shape index (κ1) is 64.2. The number of allylic oxidation sites excluding steroid dienone is 2. The van der Waals surface area contributed by atoms with E-state index >= 15 is 0 Å². The molecule has 5 heterocycles. The van der Waals surface area contributed by atoms with E-state index in [1.54, 1.807) is 14.0 Å². The number of ether oxygens (including phenoxy) is 10. The van der Waals surface area contributed by atoms with E-state index in [9.17, 15) is 14.7 Å². The highest BCUT2D eigenvalue weighted by Crippen LogP contribution is 2.45. The number of nitrogens with zero attached hydrogens (tertiary/aromatic N) is 1. The molecule has 2 bridgehead atoms. The lowest BCUT2D eigenvalue weighted by atomic mass is 9.82. The number of esters is 2. The number of hydrogen-bond donors (Lipinski definition) is 2. The van der Waals surface area contributed by atoms with Gasteiger partial charge in [0.1, 0.15) is 24.6 Å². The van der Waals surface area contributed by atoms with Crippen molar-refractivity contribution in [1.82, 2.24) is 10.2 Å². The van der Waals surface area contributed by atoms with Crippen molar-refractivity contribution in [1.29, 1.82) is 0 Å². The molecule has 0 radical (unpaired) electrons. The van der Waals surface area contributed by atoms with E-state index in [2.05, 4.69) is 93.0 Å². The largest absolute Gasteiger partial charge is 0.462 e. The standard InChI is InChI=1S/C56H102N2O15Si2/c1-33-29-39-30-45(72-74(18,19)54(7,8)9)69-42(31-43(60)63-34(2)25-23-22-24-26-41(33)68-44-28-27-40(57-14)35(3)64-44)50(62-17)49(39)71-53-51(67-38(6)59)47(58(15)16)48(36(4)66-53)70-46-32-56(13,61)52(37(5)65-46)73-75(20,21)55(10,11)12/h22-24,26,33-37,39-42,44-53,57,61H,25,27-32H2,1-21H3/t33-,34-,35?,36?,37?,39-,40?,41+,42-,44?,45+,46?,47?,48?,49?,50+,51?,52?,53?,56?/m1/s1. The van der Waals surface area contributed by atoms with Gasteiger partial charge in [-0.05, 0) is 123 Å². The first-order chi connectivity index (χ1) is 34.7. The third-order valence-electron chi connectivity index (χ3n) is 17.2. The third kappa shape index (κ3) is 16.7. The van der Waals surface area contributed by atoms with Crippen LogP contribution in [-0.2, 0) is 65.8 Å². The predicted octanol–water partition coefficient (Wildman–Crippen LogP) is 8.77. The molecular weight excluding hydrogens is 997 g/mol. The number of likely N-dealkylation sites (N-methyl/N-ethyl adjacent to an activating group) is 2. The zero-order valence-electron chi connectivity index (χ0n) is 49.8. The normalized spacial score (nSPS) is 40.3. The van der Waals surface area contributed by atoms with Crippen LogP contribution in [0.5, 0.6) is 0 Å². The molecule has 0 amide bonds. The van der Waals surface area contributed by atoms with E-state index in [1.165, 1.54) is 6.92 Å². The summed E-state index contributed by atoms with van der Waals surface area (Å²) in [6, 6.07) is -0.401. The summed E-state index contributed by atoms with van der Waals surface area (Å²) in [5.74, 6) is -1.45. The molecule has 2 N–H and O–H groups in total. The maximum absolute atomic E-state index is 14.0. The average molecular weight is 1100 g/mol. The number of carbonyl (C=O) groups is 2. The highest BCUT2D eigenvalue weighted by atomic mass is 28.4. The fourth-order valence-electron chi connectivity index (χ4n) is 10.9. The molecule has 0 spiro atoms. The van der Waals surface area contributed by atoms with Gasteiger partial charge in [-0.1, -0.05) is 72.8 Å². The number of aliphatic hydroxyl groups is 1. The predicted molar refractivity (Wildman–Crippen MR) is 293 cm³/mol. The monoisotopic (exact) mass is 1100 g/mol. The van der Waals surface area contributed by atoms with E-state index < -0.39 is 120 Å². The second-order valence-corrected chi connectivity index (χ2v) is 35.4. The molecule has 17 nitrogen and oxygen atoms in total. The SMILES string of the molecule is CNC1CCC(O[C@H]2C=CC=CC[C@@H](C)OC(=O)C[C@H]3O[C@@H](O[Si](C)(C)C(C)(C)C)C[C@@H](C[C@H]2C)C(OC2OC(C)C(OC4CC(C)(O)C(O[Si](C)(C)C(C)(C)C)C(C)O4)C(N(C)C)C2OC(C)=O)[C@H]3OC)OC1C. The van der Waals surface area contributed by atoms with E-state index in [0.29, 0.717) is 19.3 Å². The number of cyclic esters (lactones) is 1. The summed E-state index contributed by atoms with van der Waals surface area (Å²) in [5.41, 5.74) is -1.29. The molecular formula is C56H102N2O15Si2. The van der Waals surface area contributed by atoms with Crippen LogP contribution in [0.15, 0.2) is 24.3 Å². The van der Waals surface area contributed by atoms with Gasteiger partial charge in [-0.15, -0.1) is 0 Å². The molecule has 13 unspecified atom stereocenters. The summed E-state index contributed by atoms with van der Waals surface area (Å²) >= 11 is 0. The third-order valence-corrected chi connectivity index (χ3v) is 26.1. The van der Waals surface area contributed by atoms with Crippen LogP contribution in [-0.4, -0.2) is 177 Å². The fourth-order valence-corrected chi connectivity index (χ4v) is 13.5. The maximum Gasteiger partial charge on any atom is 0.308 e. The van der Waals surface area contributed by atoms with Crippen molar-refractivity contribution >= 4 is 28.6 Å². The Kier molecular flexibility index (Phi) is 22.5. The lowest BCUT2D eigenvalue weighted by Crippen LogP contribution is -2.67. The van der Waals surface area contributed by atoms with Crippen molar-refractivity contribution in [3.8, 4) is 0 Å². The molecule has 5 aliphatic heterocycles. The minimum Gasteiger partial charge on any atom is -0.462 e. The summed E-state index contributed by atoms with van der Waals surface area (Å²) in [6.07, 6.45) is 1.04. The van der Waals surface area contributed by atoms with Crippen molar-refractivity contribution in [2.45, 2.75) is 281 Å². The van der Waals surface area contributed by atoms with E-state index in [0.717, 1.165) is 12.8 Å². The second kappa shape index (κ2) is 26.3. The number of hydrogen-bond acceptors (Lipinski definition) is 17. The Balaban J connectivity index is 1.57. The van der Waals surface area contributed by atoms with Crippen LogP contribution in [0.1, 0.15) is 135 Å². The van der Waals surface area contributed by atoms with Crippen LogP contribution >= 0.6 is 0 Å². The van der Waals surface area contributed by atoms with Gasteiger partial charge >= 0.3 is 11.9 Å². The van der Waals surface area contributed by atoms with Gasteiger partial charge in [0.05, 0.1) is 60.8 Å². The molecule has 19 heteroatoms. The fraction of sp³-hybridized carbons (Fsp3) is 0.893. The number of rotatable bonds is 14. The first-order valence-corrected chi connectivity index (χ1v) is 33.7. The molecule has 75 heavy (non-hydrogen) atoms. The van der Waals surface area contributed by atoms with Gasteiger partial charge in [0.15, 0.2) is 41.6 Å². The molecule has 20 atom stereocenters. The minimum absolute atomic E-state index is 0.0419. The van der Waals surface area contributed by atoms with Crippen molar-refractivity contribution in [2.24, 2.45) is 11.8 Å². The number of carbonyl (C=O) groups excluding carboxylic acids is 2. The molecule has 0 aromatic carbocycles. The number of nitrogens with one attached hydrogen (secondary N) is 1. The second-order valence-electron chi connectivity index (χ2n) is 25.9. The summed E-state index contributed by atoms with van der Waals surface area (Å²) in [4.78, 5) is 29.3. The number of methoxy groups -OCH3 is 1. The van der Waals surface area contributed by atoms with Crippen LogP contribution < -0.4 is 5.32 Å². The Morgan fingerprint density at radius 3 is 2.00 bits per heavy atom. The molecule has 0 aromatic heterocycles. The Morgan fingerprint density at radius 2 is 1.43 bits per heavy atom. The van der Waals surface area contributed by atoms with Gasteiger partial charge in [0, 0.05) is 39.3 Å². The molecule has 434 valence electrons. The zero-order chi connectivity index (χ0) is 56.2. The van der Waals surface area contributed by atoms with Gasteiger partial charge in [0.25, 0.3) is 0 Å². The van der Waals surface area contributed by atoms with Crippen LogP contribution in [0.3, 0.4) is 0 Å². The minimum atomic E-state index is -2.50. The quantitative estimate of drug-likeness (QED) is 0.124. The maximum atomic E-state index is 14.0. The Bertz CT molecular complexity index is 1890. The molecule has 4 saturated heterocycles. The molecule has 4 fully saturated rings. The van der Waals surface area contributed by atoms with Crippen molar-refractivity contribution < 1.29 is 70.9 Å². The van der Waals surface area contributed by atoms with Crippen LogP contribution in [0.4, 0.5) is 0 Å². The van der Waals surface area contributed by atoms with Gasteiger partial charge in [-0.2, -0.15) is 0 Å². The topological polar surface area (TPSA) is 180 Å². The van der Waals surface area contributed by atoms with Crippen molar-refractivity contribution in [2.75, 3.05) is 28.3 Å². The van der Waals surface area contributed by atoms with Gasteiger partial charge in [-0.25, -0.2) is 0 Å². The Morgan fingerprint density at radius 1 is 0.787 bits per heavy atom. The van der Waals surface area contributed by atoms with E-state index in [1.807, 2.05) is 65.0 Å². The lowest BCUT2D eigenvalue weighted by molar-refractivity contribution is -0.343. The molecule has 5 rings (SSSR count). The summed E-state index contributed by atoms with van der Waals surface area (Å²) in [5, 5.41) is 15.2. The van der Waals surface area contributed by atoms with Crippen LogP contribution in [0.2, 0.25) is 36.3 Å². The number of fused-ring (bicyclic) bond motifs is 3. The zero-order valence-corrected chi connectivity index (χ0v) is 51.8. The summed E-state index contributed by atoms with van der Waals surface area (Å²) in [7, 11) is 2.56. The van der Waals surface area contributed by atoms with Gasteiger partial charge in [-0.3, -0.25) is 9.59 Å². The van der Waals surface area contributed by atoms with Gasteiger partial charge in [0.2, 0.25) is 0 Å². The van der Waals surface area contributed by atoms with Crippen molar-refractivity contribution in [3.63, 3.8) is 0 Å². The highest BCUT2D eigenvalue weighted by Gasteiger charge is 2.56. The first-order valence-electron chi connectivity index (χ1n) is 27.9. The molecule has 0 aromatic rings. The van der Waals surface area contributed by atoms with E-state index in [4.69, 9.17) is 56.2 Å². The summed E-state index contributed by atoms with van der Waals surface area (Å²) < 4.78 is 81.0. The Labute approximate surface area is 453 Å². The Hall–Kier alpha value is -1.67. The van der Waals surface area contributed by atoms with Crippen LogP contribution in [0, 0.1) is 11.8 Å². The molecule has 5 aliphatic rings. The smallest absolute Gasteiger partial charge is 0.308 e. The molecule has 0 saturated carbocycles. The summed E-state index contributed by atoms with van der Waals surface area (Å²) in [6.45, 7) is 34.9.